The maximum atomic E-state index is 6.22. The molecule has 0 aliphatic carbocycles. The summed E-state index contributed by atoms with van der Waals surface area (Å²) in [5.41, 5.74) is 11.9. The molecule has 0 radical (unpaired) electrons. The molecule has 0 aliphatic rings. The van der Waals surface area contributed by atoms with Gasteiger partial charge in [0.2, 0.25) is 0 Å². The van der Waals surface area contributed by atoms with E-state index in [1.54, 1.807) is 11.8 Å². The van der Waals surface area contributed by atoms with Crippen LogP contribution in [-0.2, 0) is 0 Å². The van der Waals surface area contributed by atoms with Crippen LogP contribution in [0.4, 0.5) is 0 Å². The second-order valence-corrected chi connectivity index (χ2v) is 6.12. The molecule has 0 amide bonds. The van der Waals surface area contributed by atoms with E-state index in [2.05, 4.69) is 48.1 Å². The van der Waals surface area contributed by atoms with E-state index in [9.17, 15) is 0 Å². The molecule has 1 atom stereocenters. The highest BCUT2D eigenvalue weighted by molar-refractivity contribution is 7.99. The minimum atomic E-state index is 0.00566. The van der Waals surface area contributed by atoms with Gasteiger partial charge in [-0.05, 0) is 38.8 Å². The van der Waals surface area contributed by atoms with Gasteiger partial charge in [-0.3, -0.25) is 0 Å². The Morgan fingerprint density at radius 1 is 1.00 bits per heavy atom. The molecule has 1 unspecified atom stereocenters. The molecule has 0 spiro atoms. The van der Waals surface area contributed by atoms with Crippen LogP contribution in [0, 0.1) is 27.7 Å². The SMILES string of the molecule is Cc1ccc(C(N)CSc2nc(C)c(C)c(C)n2)cc1. The summed E-state index contributed by atoms with van der Waals surface area (Å²) < 4.78 is 0. The lowest BCUT2D eigenvalue weighted by Crippen LogP contribution is -2.13. The second kappa shape index (κ2) is 6.37. The summed E-state index contributed by atoms with van der Waals surface area (Å²) >= 11 is 1.62. The topological polar surface area (TPSA) is 51.8 Å². The van der Waals surface area contributed by atoms with Crippen LogP contribution in [0.15, 0.2) is 29.4 Å². The molecule has 2 N–H and O–H groups in total. The van der Waals surface area contributed by atoms with Crippen LogP contribution in [0.25, 0.3) is 0 Å². The zero-order chi connectivity index (χ0) is 14.7. The van der Waals surface area contributed by atoms with Crippen LogP contribution in [0.3, 0.4) is 0 Å². The van der Waals surface area contributed by atoms with E-state index in [0.29, 0.717) is 0 Å². The summed E-state index contributed by atoms with van der Waals surface area (Å²) in [5.74, 6) is 0.783. The fraction of sp³-hybridized carbons (Fsp3) is 0.375. The molecular formula is C16H21N3S. The zero-order valence-corrected chi connectivity index (χ0v) is 13.3. The maximum absolute atomic E-state index is 6.22. The van der Waals surface area contributed by atoms with Crippen molar-refractivity contribution in [2.75, 3.05) is 5.75 Å². The Morgan fingerprint density at radius 3 is 2.10 bits per heavy atom. The van der Waals surface area contributed by atoms with Crippen molar-refractivity contribution in [3.8, 4) is 0 Å². The van der Waals surface area contributed by atoms with Crippen LogP contribution in [0.5, 0.6) is 0 Å². The molecule has 1 aromatic heterocycles. The normalized spacial score (nSPS) is 12.4. The number of benzene rings is 1. The third kappa shape index (κ3) is 3.58. The van der Waals surface area contributed by atoms with Crippen molar-refractivity contribution in [2.45, 2.75) is 38.9 Å². The van der Waals surface area contributed by atoms with Gasteiger partial charge >= 0.3 is 0 Å². The van der Waals surface area contributed by atoms with Gasteiger partial charge in [-0.25, -0.2) is 9.97 Å². The number of nitrogens with zero attached hydrogens (tertiary/aromatic N) is 2. The monoisotopic (exact) mass is 287 g/mol. The average molecular weight is 287 g/mol. The molecule has 0 saturated carbocycles. The molecule has 0 aliphatic heterocycles. The van der Waals surface area contributed by atoms with E-state index in [-0.39, 0.29) is 6.04 Å². The molecule has 4 heteroatoms. The molecule has 2 rings (SSSR count). The molecule has 106 valence electrons. The first-order valence-electron chi connectivity index (χ1n) is 6.74. The van der Waals surface area contributed by atoms with Gasteiger partial charge in [0, 0.05) is 23.2 Å². The Balaban J connectivity index is 2.03. The highest BCUT2D eigenvalue weighted by Gasteiger charge is 2.10. The van der Waals surface area contributed by atoms with E-state index in [1.807, 2.05) is 13.8 Å². The standard InChI is InChI=1S/C16H21N3S/c1-10-5-7-14(8-6-10)15(17)9-20-16-18-12(3)11(2)13(4)19-16/h5-8,15H,9,17H2,1-4H3. The van der Waals surface area contributed by atoms with Gasteiger partial charge in [0.25, 0.3) is 0 Å². The minimum absolute atomic E-state index is 0.00566. The molecule has 20 heavy (non-hydrogen) atoms. The third-order valence-electron chi connectivity index (χ3n) is 3.51. The van der Waals surface area contributed by atoms with Crippen LogP contribution in [-0.4, -0.2) is 15.7 Å². The Kier molecular flexibility index (Phi) is 4.78. The predicted molar refractivity (Wildman–Crippen MR) is 85.1 cm³/mol. The first-order valence-corrected chi connectivity index (χ1v) is 7.72. The Labute approximate surface area is 125 Å². The van der Waals surface area contributed by atoms with Crippen molar-refractivity contribution in [3.05, 3.63) is 52.3 Å². The number of thioether (sulfide) groups is 1. The second-order valence-electron chi connectivity index (χ2n) is 5.13. The predicted octanol–water partition coefficient (Wildman–Crippen LogP) is 3.50. The minimum Gasteiger partial charge on any atom is -0.323 e. The van der Waals surface area contributed by atoms with Crippen LogP contribution in [0.2, 0.25) is 0 Å². The first-order chi connectivity index (χ1) is 9.47. The van der Waals surface area contributed by atoms with Crippen molar-refractivity contribution in [1.29, 1.82) is 0 Å². The molecule has 3 nitrogen and oxygen atoms in total. The highest BCUT2D eigenvalue weighted by atomic mass is 32.2. The number of rotatable bonds is 4. The molecule has 1 aromatic carbocycles. The fourth-order valence-electron chi connectivity index (χ4n) is 1.88. The molecule has 0 fully saturated rings. The van der Waals surface area contributed by atoms with E-state index in [0.717, 1.165) is 33.4 Å². The molecule has 2 aromatic rings. The molecule has 1 heterocycles. The summed E-state index contributed by atoms with van der Waals surface area (Å²) in [4.78, 5) is 9.02. The van der Waals surface area contributed by atoms with Crippen LogP contribution in [0.1, 0.15) is 34.1 Å². The van der Waals surface area contributed by atoms with E-state index in [1.165, 1.54) is 5.56 Å². The zero-order valence-electron chi connectivity index (χ0n) is 12.5. The maximum Gasteiger partial charge on any atom is 0.188 e. The highest BCUT2D eigenvalue weighted by Crippen LogP contribution is 2.22. The summed E-state index contributed by atoms with van der Waals surface area (Å²) in [7, 11) is 0. The quantitative estimate of drug-likeness (QED) is 0.690. The summed E-state index contributed by atoms with van der Waals surface area (Å²) in [6.45, 7) is 8.18. The Bertz CT molecular complexity index is 570. The number of hydrogen-bond donors (Lipinski definition) is 1. The molecule has 0 saturated heterocycles. The lowest BCUT2D eigenvalue weighted by Gasteiger charge is -2.12. The first kappa shape index (κ1) is 15.0. The largest absolute Gasteiger partial charge is 0.323 e. The summed E-state index contributed by atoms with van der Waals surface area (Å²) in [5, 5.41) is 0.813. The lowest BCUT2D eigenvalue weighted by molar-refractivity contribution is 0.820. The summed E-state index contributed by atoms with van der Waals surface area (Å²) in [6.07, 6.45) is 0. The van der Waals surface area contributed by atoms with Crippen molar-refractivity contribution in [1.82, 2.24) is 9.97 Å². The van der Waals surface area contributed by atoms with Crippen molar-refractivity contribution in [3.63, 3.8) is 0 Å². The summed E-state index contributed by atoms with van der Waals surface area (Å²) in [6, 6.07) is 8.37. The van der Waals surface area contributed by atoms with Gasteiger partial charge in [-0.15, -0.1) is 0 Å². The van der Waals surface area contributed by atoms with Gasteiger partial charge in [-0.2, -0.15) is 0 Å². The fourth-order valence-corrected chi connectivity index (χ4v) is 2.80. The Morgan fingerprint density at radius 2 is 1.55 bits per heavy atom. The van der Waals surface area contributed by atoms with E-state index in [4.69, 9.17) is 5.73 Å². The van der Waals surface area contributed by atoms with Gasteiger partial charge < -0.3 is 5.73 Å². The molecule has 0 bridgehead atoms. The third-order valence-corrected chi connectivity index (χ3v) is 4.48. The number of aromatic nitrogens is 2. The van der Waals surface area contributed by atoms with Gasteiger partial charge in [0.15, 0.2) is 5.16 Å². The number of hydrogen-bond acceptors (Lipinski definition) is 4. The van der Waals surface area contributed by atoms with E-state index < -0.39 is 0 Å². The van der Waals surface area contributed by atoms with Crippen molar-refractivity contribution < 1.29 is 0 Å². The van der Waals surface area contributed by atoms with Gasteiger partial charge in [0.05, 0.1) is 0 Å². The van der Waals surface area contributed by atoms with Gasteiger partial charge in [-0.1, -0.05) is 41.6 Å². The van der Waals surface area contributed by atoms with Crippen LogP contribution >= 0.6 is 11.8 Å². The van der Waals surface area contributed by atoms with Gasteiger partial charge in [0.1, 0.15) is 0 Å². The number of nitrogens with two attached hydrogens (primary N) is 1. The van der Waals surface area contributed by atoms with E-state index >= 15 is 0 Å². The average Bonchev–Trinajstić information content (AvgIpc) is 2.42. The van der Waals surface area contributed by atoms with Crippen LogP contribution < -0.4 is 5.73 Å². The lowest BCUT2D eigenvalue weighted by atomic mass is 10.1. The smallest absolute Gasteiger partial charge is 0.188 e. The Hall–Kier alpha value is -1.39. The number of aryl methyl sites for hydroxylation is 3. The van der Waals surface area contributed by atoms with Crippen molar-refractivity contribution in [2.24, 2.45) is 5.73 Å². The van der Waals surface area contributed by atoms with Crippen molar-refractivity contribution >= 4 is 11.8 Å². The molecular weight excluding hydrogens is 266 g/mol.